The van der Waals surface area contributed by atoms with E-state index in [2.05, 4.69) is 6.92 Å². The zero-order chi connectivity index (χ0) is 4.12. The smallest absolute Gasteiger partial charge is 0.340 e. The molecule has 0 heterocycles. The maximum Gasteiger partial charge on any atom is 1.00 e. The van der Waals surface area contributed by atoms with Crippen molar-refractivity contribution in [3.8, 4) is 0 Å². The molecule has 0 rings (SSSR count). The molecule has 41 valence electrons. The van der Waals surface area contributed by atoms with Crippen LogP contribution in [0.25, 0.3) is 0 Å². The van der Waals surface area contributed by atoms with E-state index in [0.717, 1.165) is 6.42 Å². The zero-order valence-corrected chi connectivity index (χ0v) is 8.94. The van der Waals surface area contributed by atoms with Gasteiger partial charge in [0.25, 0.3) is 0 Å². The zero-order valence-electron chi connectivity index (χ0n) is 4.87. The van der Waals surface area contributed by atoms with E-state index in [1.807, 2.05) is 19.1 Å². The van der Waals surface area contributed by atoms with Gasteiger partial charge in [-0.25, -0.2) is 0 Å². The first kappa shape index (κ1) is 16.0. The molecule has 0 nitrogen and oxygen atoms in total. The van der Waals surface area contributed by atoms with Gasteiger partial charge in [0.2, 0.25) is 0 Å². The van der Waals surface area contributed by atoms with Crippen LogP contribution in [-0.2, 0) is 17.1 Å². The number of allylic oxidation sites excluding steroid dienone is 2. The minimum atomic E-state index is 0. The van der Waals surface area contributed by atoms with Gasteiger partial charge in [-0.3, -0.25) is 0 Å². The fourth-order valence-electron chi connectivity index (χ4n) is 0.167. The van der Waals surface area contributed by atoms with Crippen LogP contribution >= 0.6 is 0 Å². The largest absolute Gasteiger partial charge is 1.00 e. The molecule has 7 heavy (non-hydrogen) atoms. The molecule has 0 N–H and O–H groups in total. The van der Waals surface area contributed by atoms with Crippen LogP contribution in [0, 0.1) is 6.92 Å². The number of hydrogen-bond acceptors (Lipinski definition) is 0. The van der Waals surface area contributed by atoms with Crippen molar-refractivity contribution in [2.45, 2.75) is 13.3 Å². The Labute approximate surface area is 99.0 Å². The quantitative estimate of drug-likeness (QED) is 0.264. The molecule has 0 bridgehead atoms. The van der Waals surface area contributed by atoms with E-state index in [9.17, 15) is 0 Å². The van der Waals surface area contributed by atoms with Crippen molar-refractivity contribution in [2.24, 2.45) is 0 Å². The Morgan fingerprint density at radius 2 is 2.00 bits per heavy atom. The summed E-state index contributed by atoms with van der Waals surface area (Å²) in [5, 5.41) is 0. The van der Waals surface area contributed by atoms with E-state index in [-0.39, 0.29) is 68.5 Å². The first-order valence-corrected chi connectivity index (χ1v) is 1.82. The number of hydrogen-bond donors (Lipinski definition) is 0. The minimum Gasteiger partial charge on any atom is -0.340 e. The average Bonchev–Trinajstić information content (AvgIpc) is 1.41. The van der Waals surface area contributed by atoms with Crippen molar-refractivity contribution in [3.05, 3.63) is 19.1 Å². The van der Waals surface area contributed by atoms with E-state index in [0.29, 0.717) is 0 Å². The summed E-state index contributed by atoms with van der Waals surface area (Å²) in [6, 6.07) is 0. The Bertz CT molecular complexity index is 35.1. The first-order chi connectivity index (χ1) is 2.41. The van der Waals surface area contributed by atoms with Crippen LogP contribution in [0.4, 0.5) is 0 Å². The Morgan fingerprint density at radius 3 is 2.00 bits per heavy atom. The molecule has 0 fully saturated rings. The summed E-state index contributed by atoms with van der Waals surface area (Å²) in [6.45, 7) is 5.58. The summed E-state index contributed by atoms with van der Waals surface area (Å²) in [5.41, 5.74) is 0. The van der Waals surface area contributed by atoms with E-state index in [1.165, 1.54) is 0 Å². The van der Waals surface area contributed by atoms with Crippen molar-refractivity contribution in [1.82, 2.24) is 0 Å². The fraction of sp³-hybridized carbons (Fsp3) is 0.400. The molecular formula is C5H9CuK. The topological polar surface area (TPSA) is 0 Å². The van der Waals surface area contributed by atoms with E-state index < -0.39 is 0 Å². The van der Waals surface area contributed by atoms with Gasteiger partial charge in [-0.15, -0.1) is 6.08 Å². The molecule has 0 saturated heterocycles. The molecule has 0 unspecified atom stereocenters. The van der Waals surface area contributed by atoms with Crippen LogP contribution in [0.15, 0.2) is 12.2 Å². The summed E-state index contributed by atoms with van der Waals surface area (Å²) < 4.78 is 0. The molecule has 0 spiro atoms. The molecule has 1 radical (unpaired) electrons. The van der Waals surface area contributed by atoms with Crippen molar-refractivity contribution in [1.29, 1.82) is 0 Å². The van der Waals surface area contributed by atoms with Gasteiger partial charge in [0, 0.05) is 17.1 Å². The predicted molar refractivity (Wildman–Crippen MR) is 24.8 cm³/mol. The summed E-state index contributed by atoms with van der Waals surface area (Å²) in [4.78, 5) is 0. The second-order valence-corrected chi connectivity index (χ2v) is 0.858. The van der Waals surface area contributed by atoms with Gasteiger partial charge >= 0.3 is 51.4 Å². The number of rotatable bonds is 1. The SMILES string of the molecule is [CH2-]CC=CC.[Cu].[K+]. The van der Waals surface area contributed by atoms with Crippen LogP contribution in [-0.4, -0.2) is 0 Å². The summed E-state index contributed by atoms with van der Waals surface area (Å²) in [5.74, 6) is 0. The van der Waals surface area contributed by atoms with Gasteiger partial charge < -0.3 is 6.92 Å². The molecule has 0 amide bonds. The third kappa shape index (κ3) is 18.1. The first-order valence-electron chi connectivity index (χ1n) is 1.82. The molecule has 2 heteroatoms. The average molecular weight is 172 g/mol. The Morgan fingerprint density at radius 1 is 1.57 bits per heavy atom. The van der Waals surface area contributed by atoms with Crippen LogP contribution in [0.2, 0.25) is 0 Å². The minimum absolute atomic E-state index is 0. The molecular weight excluding hydrogens is 163 g/mol. The van der Waals surface area contributed by atoms with Crippen molar-refractivity contribution >= 4 is 0 Å². The van der Waals surface area contributed by atoms with Gasteiger partial charge in [0.1, 0.15) is 0 Å². The van der Waals surface area contributed by atoms with E-state index in [4.69, 9.17) is 0 Å². The van der Waals surface area contributed by atoms with Crippen LogP contribution in [0.5, 0.6) is 0 Å². The van der Waals surface area contributed by atoms with Crippen molar-refractivity contribution in [2.75, 3.05) is 0 Å². The third-order valence-electron chi connectivity index (χ3n) is 0.402. The van der Waals surface area contributed by atoms with Gasteiger partial charge in [-0.2, -0.15) is 6.42 Å². The van der Waals surface area contributed by atoms with E-state index >= 15 is 0 Å². The van der Waals surface area contributed by atoms with Gasteiger partial charge in [-0.05, 0) is 6.92 Å². The fourth-order valence-corrected chi connectivity index (χ4v) is 0.167. The van der Waals surface area contributed by atoms with Crippen LogP contribution in [0.1, 0.15) is 13.3 Å². The second kappa shape index (κ2) is 15.7. The van der Waals surface area contributed by atoms with Crippen molar-refractivity contribution < 1.29 is 68.5 Å². The Kier molecular flexibility index (Phi) is 35.7. The Balaban J connectivity index is -0.0000000800. The van der Waals surface area contributed by atoms with E-state index in [1.54, 1.807) is 0 Å². The van der Waals surface area contributed by atoms with Crippen LogP contribution < -0.4 is 51.4 Å². The molecule has 0 saturated carbocycles. The maximum absolute atomic E-state index is 3.59. The van der Waals surface area contributed by atoms with Gasteiger partial charge in [0.15, 0.2) is 0 Å². The molecule has 0 atom stereocenters. The third-order valence-corrected chi connectivity index (χ3v) is 0.402. The normalized spacial score (nSPS) is 7.14. The summed E-state index contributed by atoms with van der Waals surface area (Å²) in [6.07, 6.45) is 4.92. The molecule has 0 aromatic heterocycles. The van der Waals surface area contributed by atoms with Crippen molar-refractivity contribution in [3.63, 3.8) is 0 Å². The molecule has 0 aromatic carbocycles. The van der Waals surface area contributed by atoms with Gasteiger partial charge in [0.05, 0.1) is 0 Å². The Hall–Kier alpha value is 1.90. The predicted octanol–water partition coefficient (Wildman–Crippen LogP) is -1.21. The maximum atomic E-state index is 3.59. The molecule has 0 aliphatic carbocycles. The standard InChI is InChI=1S/C5H9.Cu.K/c1-3-5-4-2;;/h4-5H,1,3H2,2H3;;/q-1;;+1. The van der Waals surface area contributed by atoms with Gasteiger partial charge in [-0.1, -0.05) is 6.08 Å². The molecule has 0 aromatic rings. The summed E-state index contributed by atoms with van der Waals surface area (Å²) >= 11 is 0. The summed E-state index contributed by atoms with van der Waals surface area (Å²) in [7, 11) is 0. The van der Waals surface area contributed by atoms with Crippen LogP contribution in [0.3, 0.4) is 0 Å². The molecule has 0 aliphatic rings. The monoisotopic (exact) mass is 171 g/mol. The second-order valence-electron chi connectivity index (χ2n) is 0.858. The molecule has 0 aliphatic heterocycles.